The van der Waals surface area contributed by atoms with E-state index in [1.54, 1.807) is 0 Å². The van der Waals surface area contributed by atoms with Gasteiger partial charge >= 0.3 is 0 Å². The van der Waals surface area contributed by atoms with E-state index >= 15 is 0 Å². The predicted molar refractivity (Wildman–Crippen MR) is 88.3 cm³/mol. The number of hydrogen-bond acceptors (Lipinski definition) is 3. The molecular weight excluding hydrogens is 260 g/mol. The molecule has 1 aromatic carbocycles. The molecule has 0 amide bonds. The molecule has 0 aromatic heterocycles. The second-order valence-corrected chi connectivity index (χ2v) is 6.67. The summed E-state index contributed by atoms with van der Waals surface area (Å²) in [6.07, 6.45) is 1.91. The lowest BCUT2D eigenvalue weighted by atomic mass is 10.0. The summed E-state index contributed by atoms with van der Waals surface area (Å²) < 4.78 is 0. The first-order valence-corrected chi connectivity index (χ1v) is 8.26. The summed E-state index contributed by atoms with van der Waals surface area (Å²) in [7, 11) is 0. The molecule has 1 aromatic rings. The Morgan fingerprint density at radius 3 is 2.62 bits per heavy atom. The monoisotopic (exact) mass is 290 g/mol. The fourth-order valence-corrected chi connectivity index (χ4v) is 3.28. The first-order valence-electron chi connectivity index (χ1n) is 8.26. The highest BCUT2D eigenvalue weighted by Gasteiger charge is 2.26. The highest BCUT2D eigenvalue weighted by Crippen LogP contribution is 2.24. The van der Waals surface area contributed by atoms with Gasteiger partial charge in [0, 0.05) is 25.2 Å². The highest BCUT2D eigenvalue weighted by molar-refractivity contribution is 5.18. The summed E-state index contributed by atoms with van der Waals surface area (Å²) in [6, 6.07) is 11.8. The molecule has 118 valence electrons. The van der Waals surface area contributed by atoms with E-state index in [2.05, 4.69) is 54.4 Å². The second-order valence-electron chi connectivity index (χ2n) is 6.67. The number of nitrogens with one attached hydrogen (secondary N) is 1. The van der Waals surface area contributed by atoms with Gasteiger partial charge in [0.15, 0.2) is 0 Å². The van der Waals surface area contributed by atoms with E-state index in [0.717, 1.165) is 19.5 Å². The van der Waals surface area contributed by atoms with Gasteiger partial charge in [-0.2, -0.15) is 0 Å². The fourth-order valence-electron chi connectivity index (χ4n) is 3.28. The number of rotatable bonds is 7. The Morgan fingerprint density at radius 1 is 1.24 bits per heavy atom. The van der Waals surface area contributed by atoms with Gasteiger partial charge in [0.25, 0.3) is 0 Å². The van der Waals surface area contributed by atoms with Crippen LogP contribution in [0.5, 0.6) is 0 Å². The van der Waals surface area contributed by atoms with Crippen LogP contribution in [0.3, 0.4) is 0 Å². The van der Waals surface area contributed by atoms with Crippen molar-refractivity contribution in [2.75, 3.05) is 19.6 Å². The van der Waals surface area contributed by atoms with Crippen molar-refractivity contribution in [3.63, 3.8) is 0 Å². The van der Waals surface area contributed by atoms with Crippen LogP contribution < -0.4 is 5.32 Å². The van der Waals surface area contributed by atoms with E-state index < -0.39 is 0 Å². The lowest BCUT2D eigenvalue weighted by Gasteiger charge is -2.25. The van der Waals surface area contributed by atoms with Gasteiger partial charge in [-0.05, 0) is 44.7 Å². The maximum atomic E-state index is 9.42. The van der Waals surface area contributed by atoms with E-state index in [1.807, 2.05) is 6.92 Å². The van der Waals surface area contributed by atoms with Crippen molar-refractivity contribution in [1.29, 1.82) is 0 Å². The van der Waals surface area contributed by atoms with E-state index in [0.29, 0.717) is 18.0 Å². The van der Waals surface area contributed by atoms with Gasteiger partial charge in [0.2, 0.25) is 0 Å². The zero-order valence-corrected chi connectivity index (χ0v) is 13.6. The zero-order chi connectivity index (χ0) is 15.2. The van der Waals surface area contributed by atoms with Gasteiger partial charge in [-0.25, -0.2) is 0 Å². The third kappa shape index (κ3) is 5.10. The molecule has 2 rings (SSSR count). The van der Waals surface area contributed by atoms with E-state index in [9.17, 15) is 5.11 Å². The first kappa shape index (κ1) is 16.5. The van der Waals surface area contributed by atoms with Crippen molar-refractivity contribution >= 4 is 0 Å². The number of aliphatic hydroxyl groups excluding tert-OH is 1. The normalized spacial score (nSPS) is 23.9. The zero-order valence-electron chi connectivity index (χ0n) is 13.6. The smallest absolute Gasteiger partial charge is 0.0515 e. The molecule has 0 saturated carbocycles. The Hall–Kier alpha value is -0.900. The van der Waals surface area contributed by atoms with Gasteiger partial charge in [-0.1, -0.05) is 37.3 Å². The molecule has 1 saturated heterocycles. The summed E-state index contributed by atoms with van der Waals surface area (Å²) in [5.41, 5.74) is 1.40. The molecule has 2 N–H and O–H groups in total. The Morgan fingerprint density at radius 2 is 1.95 bits per heavy atom. The molecule has 0 radical (unpaired) electrons. The molecule has 21 heavy (non-hydrogen) atoms. The molecule has 0 bridgehead atoms. The van der Waals surface area contributed by atoms with Crippen molar-refractivity contribution in [3.8, 4) is 0 Å². The van der Waals surface area contributed by atoms with Gasteiger partial charge in [0.05, 0.1) is 6.10 Å². The minimum atomic E-state index is -0.194. The van der Waals surface area contributed by atoms with Gasteiger partial charge in [-0.15, -0.1) is 0 Å². The van der Waals surface area contributed by atoms with Crippen LogP contribution in [0.1, 0.15) is 45.2 Å². The van der Waals surface area contributed by atoms with Crippen molar-refractivity contribution < 1.29 is 5.11 Å². The van der Waals surface area contributed by atoms with Crippen LogP contribution >= 0.6 is 0 Å². The Balaban J connectivity index is 1.76. The Bertz CT molecular complexity index is 407. The Labute approximate surface area is 129 Å². The summed E-state index contributed by atoms with van der Waals surface area (Å²) in [4.78, 5) is 2.56. The van der Waals surface area contributed by atoms with Crippen molar-refractivity contribution in [2.45, 2.75) is 51.8 Å². The second kappa shape index (κ2) is 7.92. The number of nitrogens with zero attached hydrogens (tertiary/aromatic N) is 1. The largest absolute Gasteiger partial charge is 0.393 e. The van der Waals surface area contributed by atoms with Crippen molar-refractivity contribution in [3.05, 3.63) is 35.9 Å². The maximum Gasteiger partial charge on any atom is 0.0515 e. The summed E-state index contributed by atoms with van der Waals surface area (Å²) >= 11 is 0. The van der Waals surface area contributed by atoms with E-state index in [4.69, 9.17) is 0 Å². The van der Waals surface area contributed by atoms with Gasteiger partial charge < -0.3 is 10.4 Å². The van der Waals surface area contributed by atoms with Crippen LogP contribution in [0.15, 0.2) is 30.3 Å². The molecule has 3 heteroatoms. The SMILES string of the molecule is CC(O)CC(C)CNC1CCN(C(C)c2ccccc2)C1. The minimum absolute atomic E-state index is 0.194. The molecule has 3 nitrogen and oxygen atoms in total. The lowest BCUT2D eigenvalue weighted by Crippen LogP contribution is -2.36. The van der Waals surface area contributed by atoms with Crippen LogP contribution in [0.4, 0.5) is 0 Å². The molecule has 1 aliphatic heterocycles. The highest BCUT2D eigenvalue weighted by atomic mass is 16.3. The standard InChI is InChI=1S/C18H30N2O/c1-14(11-15(2)21)12-19-18-9-10-20(13-18)16(3)17-7-5-4-6-8-17/h4-8,14-16,18-19,21H,9-13H2,1-3H3. The third-order valence-corrected chi connectivity index (χ3v) is 4.55. The molecule has 4 unspecified atom stereocenters. The summed E-state index contributed by atoms with van der Waals surface area (Å²) in [5, 5.41) is 13.1. The summed E-state index contributed by atoms with van der Waals surface area (Å²) in [5.74, 6) is 0.533. The fraction of sp³-hybridized carbons (Fsp3) is 0.667. The van der Waals surface area contributed by atoms with Crippen LogP contribution in [0.25, 0.3) is 0 Å². The number of benzene rings is 1. The van der Waals surface area contributed by atoms with Crippen LogP contribution in [-0.2, 0) is 0 Å². The maximum absolute atomic E-state index is 9.42. The minimum Gasteiger partial charge on any atom is -0.393 e. The molecule has 1 heterocycles. The van der Waals surface area contributed by atoms with Crippen LogP contribution in [0.2, 0.25) is 0 Å². The molecular formula is C18H30N2O. The Kier molecular flexibility index (Phi) is 6.22. The van der Waals surface area contributed by atoms with Crippen LogP contribution in [0, 0.1) is 5.92 Å². The van der Waals surface area contributed by atoms with Gasteiger partial charge in [0.1, 0.15) is 0 Å². The van der Waals surface area contributed by atoms with Gasteiger partial charge in [-0.3, -0.25) is 4.90 Å². The van der Waals surface area contributed by atoms with E-state index in [1.165, 1.54) is 18.5 Å². The summed E-state index contributed by atoms with van der Waals surface area (Å²) in [6.45, 7) is 9.67. The first-order chi connectivity index (χ1) is 10.1. The van der Waals surface area contributed by atoms with Crippen molar-refractivity contribution in [2.24, 2.45) is 5.92 Å². The van der Waals surface area contributed by atoms with Crippen LogP contribution in [-0.4, -0.2) is 41.8 Å². The quantitative estimate of drug-likeness (QED) is 0.810. The van der Waals surface area contributed by atoms with E-state index in [-0.39, 0.29) is 6.10 Å². The molecule has 0 spiro atoms. The predicted octanol–water partition coefficient (Wildman–Crippen LogP) is 2.82. The van der Waals surface area contributed by atoms with Crippen molar-refractivity contribution in [1.82, 2.24) is 10.2 Å². The molecule has 1 aliphatic rings. The molecule has 1 fully saturated rings. The topological polar surface area (TPSA) is 35.5 Å². The molecule has 4 atom stereocenters. The third-order valence-electron chi connectivity index (χ3n) is 4.55. The average molecular weight is 290 g/mol. The average Bonchev–Trinajstić information content (AvgIpc) is 2.93. The lowest BCUT2D eigenvalue weighted by molar-refractivity contribution is 0.162. The number of aliphatic hydroxyl groups is 1. The number of hydrogen-bond donors (Lipinski definition) is 2. The number of likely N-dealkylation sites (tertiary alicyclic amines) is 1. The molecule has 0 aliphatic carbocycles.